The summed E-state index contributed by atoms with van der Waals surface area (Å²) in [7, 11) is -3.69. The molecule has 0 fully saturated rings. The molecule has 0 aliphatic heterocycles. The summed E-state index contributed by atoms with van der Waals surface area (Å²) in [4.78, 5) is 11.5. The van der Waals surface area contributed by atoms with Gasteiger partial charge in [0.15, 0.2) is 0 Å². The van der Waals surface area contributed by atoms with E-state index in [0.29, 0.717) is 10.6 Å². The number of carbonyl (C=O) groups excluding carboxylic acids is 1. The number of halogens is 1. The van der Waals surface area contributed by atoms with Gasteiger partial charge in [-0.2, -0.15) is 0 Å². The van der Waals surface area contributed by atoms with Gasteiger partial charge in [0.25, 0.3) is 0 Å². The Morgan fingerprint density at radius 3 is 2.57 bits per heavy atom. The van der Waals surface area contributed by atoms with Crippen molar-refractivity contribution in [2.75, 3.05) is 6.54 Å². The molecule has 21 heavy (non-hydrogen) atoms. The average molecular weight is 334 g/mol. The standard InChI is InChI=1S/C13H20ClN3O3S/c1-9(2)17-13(18)5-6-16-21(19,20)11-4-3-10(8-15)12(14)7-11/h3-4,7,9,16H,5-6,8,15H2,1-2H3,(H,17,18). The number of hydrogen-bond acceptors (Lipinski definition) is 4. The van der Waals surface area contributed by atoms with E-state index in [1.165, 1.54) is 12.1 Å². The number of sulfonamides is 1. The van der Waals surface area contributed by atoms with Crippen molar-refractivity contribution in [3.05, 3.63) is 28.8 Å². The van der Waals surface area contributed by atoms with Gasteiger partial charge in [-0.15, -0.1) is 0 Å². The van der Waals surface area contributed by atoms with Gasteiger partial charge in [-0.1, -0.05) is 17.7 Å². The molecular formula is C13H20ClN3O3S. The molecule has 0 aliphatic carbocycles. The molecule has 1 amide bonds. The quantitative estimate of drug-likeness (QED) is 0.692. The summed E-state index contributed by atoms with van der Waals surface area (Å²) in [5.41, 5.74) is 6.14. The molecule has 0 saturated carbocycles. The fourth-order valence-corrected chi connectivity index (χ4v) is 3.02. The highest BCUT2D eigenvalue weighted by molar-refractivity contribution is 7.89. The number of amides is 1. The molecule has 0 saturated heterocycles. The van der Waals surface area contributed by atoms with Crippen LogP contribution in [0.25, 0.3) is 0 Å². The van der Waals surface area contributed by atoms with Crippen LogP contribution >= 0.6 is 11.6 Å². The maximum Gasteiger partial charge on any atom is 0.240 e. The molecular weight excluding hydrogens is 314 g/mol. The number of nitrogens with one attached hydrogen (secondary N) is 2. The number of rotatable bonds is 7. The SMILES string of the molecule is CC(C)NC(=O)CCNS(=O)(=O)c1ccc(CN)c(Cl)c1. The highest BCUT2D eigenvalue weighted by Gasteiger charge is 2.15. The maximum atomic E-state index is 12.1. The second-order valence-electron chi connectivity index (χ2n) is 4.83. The molecule has 0 unspecified atom stereocenters. The number of nitrogens with two attached hydrogens (primary N) is 1. The molecule has 0 radical (unpaired) electrons. The Kier molecular flexibility index (Phi) is 6.60. The minimum absolute atomic E-state index is 0.0247. The number of carbonyl (C=O) groups is 1. The molecule has 8 heteroatoms. The fraction of sp³-hybridized carbons (Fsp3) is 0.462. The third-order valence-electron chi connectivity index (χ3n) is 2.65. The lowest BCUT2D eigenvalue weighted by Crippen LogP contribution is -2.34. The Balaban J connectivity index is 2.66. The summed E-state index contributed by atoms with van der Waals surface area (Å²) in [5.74, 6) is -0.204. The van der Waals surface area contributed by atoms with Crippen LogP contribution < -0.4 is 15.8 Å². The molecule has 0 spiro atoms. The van der Waals surface area contributed by atoms with Crippen molar-refractivity contribution in [2.24, 2.45) is 5.73 Å². The molecule has 1 rings (SSSR count). The summed E-state index contributed by atoms with van der Waals surface area (Å²) in [6.07, 6.45) is 0.0754. The van der Waals surface area contributed by atoms with Gasteiger partial charge in [0.05, 0.1) is 4.90 Å². The zero-order chi connectivity index (χ0) is 16.0. The van der Waals surface area contributed by atoms with Gasteiger partial charge in [0.1, 0.15) is 0 Å². The monoisotopic (exact) mass is 333 g/mol. The molecule has 118 valence electrons. The Hall–Kier alpha value is -1.15. The van der Waals surface area contributed by atoms with Gasteiger partial charge < -0.3 is 11.1 Å². The van der Waals surface area contributed by atoms with E-state index in [-0.39, 0.29) is 36.4 Å². The molecule has 0 aliphatic rings. The Labute approximate surface area is 130 Å². The fourth-order valence-electron chi connectivity index (χ4n) is 1.64. The first kappa shape index (κ1) is 17.9. The maximum absolute atomic E-state index is 12.1. The van der Waals surface area contributed by atoms with Crippen molar-refractivity contribution < 1.29 is 13.2 Å². The van der Waals surface area contributed by atoms with Crippen LogP contribution in [0, 0.1) is 0 Å². The van der Waals surface area contributed by atoms with Crippen molar-refractivity contribution in [3.8, 4) is 0 Å². The minimum Gasteiger partial charge on any atom is -0.354 e. The Bertz CT molecular complexity index is 603. The second kappa shape index (κ2) is 7.74. The van der Waals surface area contributed by atoms with Crippen LogP contribution in [0.3, 0.4) is 0 Å². The van der Waals surface area contributed by atoms with E-state index in [9.17, 15) is 13.2 Å². The molecule has 6 nitrogen and oxygen atoms in total. The van der Waals surface area contributed by atoms with Gasteiger partial charge in [0.2, 0.25) is 15.9 Å². The van der Waals surface area contributed by atoms with E-state index in [2.05, 4.69) is 10.0 Å². The lowest BCUT2D eigenvalue weighted by atomic mass is 10.2. The third-order valence-corrected chi connectivity index (χ3v) is 4.46. The van der Waals surface area contributed by atoms with Crippen molar-refractivity contribution >= 4 is 27.5 Å². The lowest BCUT2D eigenvalue weighted by molar-refractivity contribution is -0.121. The normalized spacial score (nSPS) is 11.7. The van der Waals surface area contributed by atoms with Crippen molar-refractivity contribution in [1.82, 2.24) is 10.0 Å². The molecule has 1 aromatic carbocycles. The second-order valence-corrected chi connectivity index (χ2v) is 7.00. The summed E-state index contributed by atoms with van der Waals surface area (Å²) in [6.45, 7) is 3.94. The van der Waals surface area contributed by atoms with Crippen molar-refractivity contribution in [3.63, 3.8) is 0 Å². The molecule has 0 heterocycles. The summed E-state index contributed by atoms with van der Waals surface area (Å²) >= 11 is 5.94. The summed E-state index contributed by atoms with van der Waals surface area (Å²) < 4.78 is 26.5. The van der Waals surface area contributed by atoms with E-state index in [1.54, 1.807) is 6.07 Å². The number of hydrogen-bond donors (Lipinski definition) is 3. The molecule has 0 atom stereocenters. The van der Waals surface area contributed by atoms with Gasteiger partial charge >= 0.3 is 0 Å². The average Bonchev–Trinajstić information content (AvgIpc) is 2.37. The van der Waals surface area contributed by atoms with Crippen molar-refractivity contribution in [2.45, 2.75) is 37.8 Å². The molecule has 0 aromatic heterocycles. The largest absolute Gasteiger partial charge is 0.354 e. The van der Waals surface area contributed by atoms with E-state index < -0.39 is 10.0 Å². The topological polar surface area (TPSA) is 101 Å². The molecule has 4 N–H and O–H groups in total. The van der Waals surface area contributed by atoms with Crippen LogP contribution in [0.5, 0.6) is 0 Å². The van der Waals surface area contributed by atoms with Crippen LogP contribution in [0.2, 0.25) is 5.02 Å². The van der Waals surface area contributed by atoms with Crippen LogP contribution in [-0.4, -0.2) is 26.9 Å². The van der Waals surface area contributed by atoms with E-state index >= 15 is 0 Å². The van der Waals surface area contributed by atoms with Gasteiger partial charge in [0, 0.05) is 30.6 Å². The first-order valence-electron chi connectivity index (χ1n) is 6.54. The first-order valence-corrected chi connectivity index (χ1v) is 8.40. The van der Waals surface area contributed by atoms with E-state index in [1.807, 2.05) is 13.8 Å². The predicted octanol–water partition coefficient (Wildman–Crippen LogP) is 0.992. The molecule has 0 bridgehead atoms. The van der Waals surface area contributed by atoms with Gasteiger partial charge in [-0.05, 0) is 31.5 Å². The Morgan fingerprint density at radius 1 is 1.38 bits per heavy atom. The smallest absolute Gasteiger partial charge is 0.240 e. The summed E-state index contributed by atoms with van der Waals surface area (Å²) in [6, 6.07) is 4.38. The van der Waals surface area contributed by atoms with Gasteiger partial charge in [-0.3, -0.25) is 4.79 Å². The van der Waals surface area contributed by atoms with Crippen LogP contribution in [0.15, 0.2) is 23.1 Å². The van der Waals surface area contributed by atoms with Crippen LogP contribution in [-0.2, 0) is 21.4 Å². The third kappa shape index (κ3) is 5.62. The van der Waals surface area contributed by atoms with E-state index in [4.69, 9.17) is 17.3 Å². The highest BCUT2D eigenvalue weighted by Crippen LogP contribution is 2.20. The number of benzene rings is 1. The van der Waals surface area contributed by atoms with Crippen LogP contribution in [0.4, 0.5) is 0 Å². The summed E-state index contributed by atoms with van der Waals surface area (Å²) in [5, 5.41) is 2.99. The zero-order valence-corrected chi connectivity index (χ0v) is 13.6. The molecule has 1 aromatic rings. The van der Waals surface area contributed by atoms with E-state index in [0.717, 1.165) is 0 Å². The Morgan fingerprint density at radius 2 is 2.05 bits per heavy atom. The lowest BCUT2D eigenvalue weighted by Gasteiger charge is -2.10. The predicted molar refractivity (Wildman–Crippen MR) is 82.4 cm³/mol. The van der Waals surface area contributed by atoms with Crippen molar-refractivity contribution in [1.29, 1.82) is 0 Å². The minimum atomic E-state index is -3.69. The van der Waals surface area contributed by atoms with Crippen LogP contribution in [0.1, 0.15) is 25.8 Å². The zero-order valence-electron chi connectivity index (χ0n) is 12.0. The first-order chi connectivity index (χ1) is 9.76. The highest BCUT2D eigenvalue weighted by atomic mass is 35.5. The van der Waals surface area contributed by atoms with Gasteiger partial charge in [-0.25, -0.2) is 13.1 Å².